The van der Waals surface area contributed by atoms with Crippen molar-refractivity contribution in [3.8, 4) is 0 Å². The summed E-state index contributed by atoms with van der Waals surface area (Å²) in [6, 6.07) is 8.44. The summed E-state index contributed by atoms with van der Waals surface area (Å²) in [5, 5.41) is 0. The summed E-state index contributed by atoms with van der Waals surface area (Å²) < 4.78 is 28.5. The monoisotopic (exact) mass is 187 g/mol. The molecule has 1 rings (SSSR count). The third-order valence-electron chi connectivity index (χ3n) is 1.06. The van der Waals surface area contributed by atoms with E-state index in [1.54, 1.807) is 30.3 Å². The molecule has 1 aromatic carbocycles. The van der Waals surface area contributed by atoms with E-state index in [1.165, 1.54) is 0 Å². The van der Waals surface area contributed by atoms with Gasteiger partial charge in [0.1, 0.15) is 0 Å². The number of nitrogens with zero attached hydrogens (tertiary/aromatic N) is 1. The van der Waals surface area contributed by atoms with Crippen LogP contribution in [0.5, 0.6) is 0 Å². The van der Waals surface area contributed by atoms with Crippen LogP contribution in [0.3, 0.4) is 0 Å². The Kier molecular flexibility index (Phi) is 2.64. The van der Waals surface area contributed by atoms with Gasteiger partial charge in [0.05, 0.1) is 5.69 Å². The van der Waals surface area contributed by atoms with Crippen LogP contribution in [-0.2, 0) is 10.3 Å². The van der Waals surface area contributed by atoms with Gasteiger partial charge in [-0.15, -0.1) is 0 Å². The van der Waals surface area contributed by atoms with Gasteiger partial charge in [0.2, 0.25) is 0 Å². The molecule has 0 aliphatic heterocycles. The van der Waals surface area contributed by atoms with E-state index < -0.39 is 10.3 Å². The maximum absolute atomic E-state index is 10.1. The first-order valence-electron chi connectivity index (χ1n) is 3.08. The number of rotatable bonds is 3. The van der Waals surface area contributed by atoms with Crippen LogP contribution in [0.1, 0.15) is 0 Å². The molecular formula is C6H7N2O3S. The van der Waals surface area contributed by atoms with Crippen molar-refractivity contribution in [2.45, 2.75) is 0 Å². The predicted molar refractivity (Wildman–Crippen MR) is 43.7 cm³/mol. The zero-order valence-electron chi connectivity index (χ0n) is 6.01. The topological polar surface area (TPSA) is 80.5 Å². The fourth-order valence-electron chi connectivity index (χ4n) is 0.623. The standard InChI is InChI=1S/C6H7N2O3S/c9-12(10,11)8-7-6-4-2-1-3-5-6/h1-5,7H,(H,9,10,11). The van der Waals surface area contributed by atoms with Gasteiger partial charge < -0.3 is 0 Å². The summed E-state index contributed by atoms with van der Waals surface area (Å²) in [6.45, 7) is 0. The van der Waals surface area contributed by atoms with E-state index in [2.05, 4.69) is 10.3 Å². The first-order valence-corrected chi connectivity index (χ1v) is 4.48. The quantitative estimate of drug-likeness (QED) is 0.531. The van der Waals surface area contributed by atoms with Crippen LogP contribution in [0.25, 0.3) is 0 Å². The molecule has 0 spiro atoms. The fourth-order valence-corrected chi connectivity index (χ4v) is 0.844. The summed E-state index contributed by atoms with van der Waals surface area (Å²) in [5.74, 6) is 0. The molecule has 12 heavy (non-hydrogen) atoms. The minimum Gasteiger partial charge on any atom is -0.287 e. The minimum absolute atomic E-state index is 0.495. The second-order valence-corrected chi connectivity index (χ2v) is 3.10. The van der Waals surface area contributed by atoms with Crippen LogP contribution in [0.15, 0.2) is 30.3 Å². The molecule has 1 radical (unpaired) electrons. The highest BCUT2D eigenvalue weighted by Crippen LogP contribution is 2.03. The van der Waals surface area contributed by atoms with Crippen LogP contribution < -0.4 is 10.3 Å². The third-order valence-corrected chi connectivity index (χ3v) is 1.39. The Labute approximate surface area is 70.3 Å². The molecule has 1 aromatic rings. The smallest absolute Gasteiger partial charge is 0.287 e. The van der Waals surface area contributed by atoms with Gasteiger partial charge in [0.25, 0.3) is 0 Å². The Morgan fingerprint density at radius 2 is 1.83 bits per heavy atom. The van der Waals surface area contributed by atoms with Crippen LogP contribution >= 0.6 is 0 Å². The highest BCUT2D eigenvalue weighted by atomic mass is 32.2. The van der Waals surface area contributed by atoms with Gasteiger partial charge in [0, 0.05) is 4.83 Å². The molecule has 0 atom stereocenters. The van der Waals surface area contributed by atoms with Crippen molar-refractivity contribution in [1.29, 1.82) is 0 Å². The minimum atomic E-state index is -4.31. The zero-order valence-corrected chi connectivity index (χ0v) is 6.82. The van der Waals surface area contributed by atoms with E-state index in [0.29, 0.717) is 5.69 Å². The molecule has 0 saturated heterocycles. The maximum Gasteiger partial charge on any atom is 0.369 e. The highest BCUT2D eigenvalue weighted by Gasteiger charge is 2.03. The van der Waals surface area contributed by atoms with Crippen molar-refractivity contribution in [2.24, 2.45) is 0 Å². The largest absolute Gasteiger partial charge is 0.369 e. The van der Waals surface area contributed by atoms with E-state index in [-0.39, 0.29) is 0 Å². The Hall–Kier alpha value is -1.11. The second-order valence-electron chi connectivity index (χ2n) is 2.02. The molecule has 2 N–H and O–H groups in total. The number of anilines is 1. The van der Waals surface area contributed by atoms with Crippen molar-refractivity contribution in [2.75, 3.05) is 5.43 Å². The van der Waals surface area contributed by atoms with Crippen LogP contribution in [0.4, 0.5) is 5.69 Å². The van der Waals surface area contributed by atoms with E-state index in [0.717, 1.165) is 0 Å². The normalized spacial score (nSPS) is 11.1. The van der Waals surface area contributed by atoms with Crippen molar-refractivity contribution in [1.82, 2.24) is 4.83 Å². The molecule has 0 saturated carbocycles. The molecule has 0 aliphatic rings. The second kappa shape index (κ2) is 3.53. The SMILES string of the molecule is O=S(=O)(O)[N]Nc1ccccc1. The average Bonchev–Trinajstić information content (AvgIpc) is 2.02. The molecule has 5 nitrogen and oxygen atoms in total. The Morgan fingerprint density at radius 1 is 1.25 bits per heavy atom. The number of benzene rings is 1. The lowest BCUT2D eigenvalue weighted by Crippen LogP contribution is -2.20. The summed E-state index contributed by atoms with van der Waals surface area (Å²) in [7, 11) is -4.31. The van der Waals surface area contributed by atoms with Crippen molar-refractivity contribution >= 4 is 16.0 Å². The van der Waals surface area contributed by atoms with E-state index in [1.807, 2.05) is 0 Å². The van der Waals surface area contributed by atoms with Gasteiger partial charge in [-0.05, 0) is 12.1 Å². The third kappa shape index (κ3) is 3.33. The van der Waals surface area contributed by atoms with Gasteiger partial charge in [-0.25, -0.2) is 0 Å². The Balaban J connectivity index is 2.56. The first-order chi connectivity index (χ1) is 5.58. The number of hydrogen-bond acceptors (Lipinski definition) is 3. The van der Waals surface area contributed by atoms with Gasteiger partial charge in [-0.1, -0.05) is 18.2 Å². The van der Waals surface area contributed by atoms with E-state index >= 15 is 0 Å². The lowest BCUT2D eigenvalue weighted by atomic mass is 10.3. The summed E-state index contributed by atoms with van der Waals surface area (Å²) in [4.78, 5) is 2.80. The first kappa shape index (κ1) is 8.98. The molecule has 0 amide bonds. The summed E-state index contributed by atoms with van der Waals surface area (Å²) in [5.41, 5.74) is 2.67. The molecule has 65 valence electrons. The van der Waals surface area contributed by atoms with Crippen molar-refractivity contribution < 1.29 is 13.0 Å². The lowest BCUT2D eigenvalue weighted by molar-refractivity contribution is 0.472. The molecule has 0 fully saturated rings. The van der Waals surface area contributed by atoms with Crippen LogP contribution in [-0.4, -0.2) is 13.0 Å². The molecule has 0 aromatic heterocycles. The van der Waals surface area contributed by atoms with Crippen LogP contribution in [0, 0.1) is 0 Å². The zero-order chi connectivity index (χ0) is 9.03. The highest BCUT2D eigenvalue weighted by molar-refractivity contribution is 7.83. The van der Waals surface area contributed by atoms with E-state index in [4.69, 9.17) is 4.55 Å². The predicted octanol–water partition coefficient (Wildman–Crippen LogP) is 0.421. The number of para-hydroxylation sites is 1. The Morgan fingerprint density at radius 3 is 2.33 bits per heavy atom. The lowest BCUT2D eigenvalue weighted by Gasteiger charge is -2.00. The summed E-state index contributed by atoms with van der Waals surface area (Å²) in [6.07, 6.45) is 0. The molecule has 0 aliphatic carbocycles. The maximum atomic E-state index is 10.1. The van der Waals surface area contributed by atoms with Crippen molar-refractivity contribution in [3.05, 3.63) is 30.3 Å². The average molecular weight is 187 g/mol. The van der Waals surface area contributed by atoms with Gasteiger partial charge >= 0.3 is 10.3 Å². The van der Waals surface area contributed by atoms with Crippen molar-refractivity contribution in [3.63, 3.8) is 0 Å². The Bertz CT molecular complexity index is 335. The van der Waals surface area contributed by atoms with Gasteiger partial charge in [0.15, 0.2) is 0 Å². The molecule has 0 heterocycles. The fraction of sp³-hybridized carbons (Fsp3) is 0. The number of nitrogens with one attached hydrogen (secondary N) is 1. The molecule has 6 heteroatoms. The van der Waals surface area contributed by atoms with Crippen LogP contribution in [0.2, 0.25) is 0 Å². The van der Waals surface area contributed by atoms with E-state index in [9.17, 15) is 8.42 Å². The van der Waals surface area contributed by atoms with Gasteiger partial charge in [-0.2, -0.15) is 8.42 Å². The number of hydrogen-bond donors (Lipinski definition) is 2. The summed E-state index contributed by atoms with van der Waals surface area (Å²) >= 11 is 0. The molecule has 0 bridgehead atoms. The van der Waals surface area contributed by atoms with Gasteiger partial charge in [-0.3, -0.25) is 9.98 Å². The molecular weight excluding hydrogens is 180 g/mol. The molecule has 0 unspecified atom stereocenters.